The van der Waals surface area contributed by atoms with Crippen molar-refractivity contribution >= 4 is 5.97 Å². The predicted octanol–water partition coefficient (Wildman–Crippen LogP) is 1.10. The highest BCUT2D eigenvalue weighted by molar-refractivity contribution is 5.74. The summed E-state index contributed by atoms with van der Waals surface area (Å²) >= 11 is 0. The molecule has 0 aromatic heterocycles. The molecule has 2 N–H and O–H groups in total. The first-order valence-corrected chi connectivity index (χ1v) is 4.34. The monoisotopic (exact) mass is 195 g/mol. The molecule has 0 radical (unpaired) electrons. The lowest BCUT2D eigenvalue weighted by Gasteiger charge is -2.09. The highest BCUT2D eigenvalue weighted by atomic mass is 16.5. The van der Waals surface area contributed by atoms with Gasteiger partial charge in [-0.1, -0.05) is 30.3 Å². The lowest BCUT2D eigenvalue weighted by atomic mass is 10.2. The van der Waals surface area contributed by atoms with Gasteiger partial charge in [-0.2, -0.15) is 5.48 Å². The molecule has 0 bridgehead atoms. The number of ether oxygens (including phenoxy) is 1. The van der Waals surface area contributed by atoms with Crippen molar-refractivity contribution in [2.75, 3.05) is 0 Å². The molecule has 4 nitrogen and oxygen atoms in total. The lowest BCUT2D eigenvalue weighted by molar-refractivity contribution is -0.149. The summed E-state index contributed by atoms with van der Waals surface area (Å²) in [4.78, 5) is 11.1. The van der Waals surface area contributed by atoms with Gasteiger partial charge in [-0.05, 0) is 12.5 Å². The van der Waals surface area contributed by atoms with Crippen molar-refractivity contribution in [3.8, 4) is 0 Å². The molecule has 0 saturated carbocycles. The van der Waals surface area contributed by atoms with Crippen LogP contribution >= 0.6 is 0 Å². The average Bonchev–Trinajstić information content (AvgIpc) is 2.26. The Morgan fingerprint density at radius 2 is 2.14 bits per heavy atom. The Hall–Kier alpha value is -1.39. The van der Waals surface area contributed by atoms with E-state index < -0.39 is 12.0 Å². The number of rotatable bonds is 4. The molecule has 0 aliphatic carbocycles. The summed E-state index contributed by atoms with van der Waals surface area (Å²) in [6.07, 6.45) is 0. The van der Waals surface area contributed by atoms with E-state index in [-0.39, 0.29) is 6.61 Å². The highest BCUT2D eigenvalue weighted by Gasteiger charge is 2.12. The van der Waals surface area contributed by atoms with Crippen molar-refractivity contribution in [1.29, 1.82) is 0 Å². The van der Waals surface area contributed by atoms with Gasteiger partial charge in [0.05, 0.1) is 0 Å². The van der Waals surface area contributed by atoms with Gasteiger partial charge in [-0.25, -0.2) is 0 Å². The summed E-state index contributed by atoms with van der Waals surface area (Å²) < 4.78 is 4.92. The fraction of sp³-hybridized carbons (Fsp3) is 0.300. The van der Waals surface area contributed by atoms with Crippen LogP contribution in [0.5, 0.6) is 0 Å². The van der Waals surface area contributed by atoms with Gasteiger partial charge < -0.3 is 9.94 Å². The van der Waals surface area contributed by atoms with E-state index in [2.05, 4.69) is 0 Å². The van der Waals surface area contributed by atoms with Crippen LogP contribution in [0.25, 0.3) is 0 Å². The van der Waals surface area contributed by atoms with E-state index in [0.717, 1.165) is 5.56 Å². The highest BCUT2D eigenvalue weighted by Crippen LogP contribution is 2.01. The van der Waals surface area contributed by atoms with Crippen LogP contribution in [0.2, 0.25) is 0 Å². The van der Waals surface area contributed by atoms with Crippen LogP contribution < -0.4 is 5.48 Å². The van der Waals surface area contributed by atoms with E-state index in [9.17, 15) is 4.79 Å². The van der Waals surface area contributed by atoms with Crippen molar-refractivity contribution in [2.45, 2.75) is 19.6 Å². The normalized spacial score (nSPS) is 12.1. The van der Waals surface area contributed by atoms with E-state index >= 15 is 0 Å². The summed E-state index contributed by atoms with van der Waals surface area (Å²) in [6, 6.07) is 8.67. The second kappa shape index (κ2) is 5.36. The summed E-state index contributed by atoms with van der Waals surface area (Å²) in [6.45, 7) is 1.75. The summed E-state index contributed by atoms with van der Waals surface area (Å²) in [7, 11) is 0. The molecule has 76 valence electrons. The molecule has 0 spiro atoms. The fourth-order valence-electron chi connectivity index (χ4n) is 0.906. The zero-order chi connectivity index (χ0) is 10.4. The first kappa shape index (κ1) is 10.7. The standard InChI is InChI=1S/C10H13NO3/c1-8(11-13)10(12)14-7-9-5-3-2-4-6-9/h2-6,8,11,13H,7H2,1H3/t8-/m0/s1. The van der Waals surface area contributed by atoms with Crippen LogP contribution in [0.15, 0.2) is 30.3 Å². The molecule has 0 fully saturated rings. The number of hydroxylamine groups is 1. The number of hydrogen-bond acceptors (Lipinski definition) is 4. The Kier molecular flexibility index (Phi) is 4.10. The third-order valence-electron chi connectivity index (χ3n) is 1.77. The summed E-state index contributed by atoms with van der Waals surface area (Å²) in [5.41, 5.74) is 2.75. The van der Waals surface area contributed by atoms with Crippen molar-refractivity contribution in [2.24, 2.45) is 0 Å². The second-order valence-electron chi connectivity index (χ2n) is 2.94. The molecular formula is C10H13NO3. The first-order valence-electron chi connectivity index (χ1n) is 4.34. The molecule has 0 amide bonds. The smallest absolute Gasteiger partial charge is 0.325 e. The van der Waals surface area contributed by atoms with Gasteiger partial charge in [0.15, 0.2) is 0 Å². The average molecular weight is 195 g/mol. The third kappa shape index (κ3) is 3.16. The maximum absolute atomic E-state index is 11.1. The minimum Gasteiger partial charge on any atom is -0.460 e. The molecule has 1 aromatic rings. The number of esters is 1. The number of nitrogens with one attached hydrogen (secondary N) is 1. The molecular weight excluding hydrogens is 182 g/mol. The zero-order valence-electron chi connectivity index (χ0n) is 7.93. The number of carbonyl (C=O) groups is 1. The van der Waals surface area contributed by atoms with Gasteiger partial charge in [-0.3, -0.25) is 4.79 Å². The zero-order valence-corrected chi connectivity index (χ0v) is 7.93. The van der Waals surface area contributed by atoms with Crippen molar-refractivity contribution in [3.63, 3.8) is 0 Å². The molecule has 0 unspecified atom stereocenters. The van der Waals surface area contributed by atoms with Crippen LogP contribution in [0, 0.1) is 0 Å². The molecule has 0 aliphatic heterocycles. The Balaban J connectivity index is 2.38. The molecule has 1 atom stereocenters. The Bertz CT molecular complexity index is 287. The molecule has 0 aliphatic rings. The van der Waals surface area contributed by atoms with Crippen molar-refractivity contribution in [3.05, 3.63) is 35.9 Å². The number of carbonyl (C=O) groups excluding carboxylic acids is 1. The maximum Gasteiger partial charge on any atom is 0.325 e. The van der Waals surface area contributed by atoms with Gasteiger partial charge in [0.2, 0.25) is 0 Å². The van der Waals surface area contributed by atoms with Gasteiger partial charge in [0.25, 0.3) is 0 Å². The third-order valence-corrected chi connectivity index (χ3v) is 1.77. The predicted molar refractivity (Wildman–Crippen MR) is 50.6 cm³/mol. The quantitative estimate of drug-likeness (QED) is 0.558. The molecule has 1 aromatic carbocycles. The van der Waals surface area contributed by atoms with Gasteiger partial charge in [0, 0.05) is 0 Å². The van der Waals surface area contributed by atoms with E-state index in [1.54, 1.807) is 0 Å². The second-order valence-corrected chi connectivity index (χ2v) is 2.94. The van der Waals surface area contributed by atoms with Gasteiger partial charge in [0.1, 0.15) is 12.6 Å². The van der Waals surface area contributed by atoms with Crippen molar-refractivity contribution in [1.82, 2.24) is 5.48 Å². The Morgan fingerprint density at radius 1 is 1.50 bits per heavy atom. The van der Waals surface area contributed by atoms with Crippen molar-refractivity contribution < 1.29 is 14.7 Å². The van der Waals surface area contributed by atoms with E-state index in [1.165, 1.54) is 6.92 Å². The maximum atomic E-state index is 11.1. The molecule has 0 saturated heterocycles. The first-order chi connectivity index (χ1) is 6.74. The van der Waals surface area contributed by atoms with Gasteiger partial charge >= 0.3 is 5.97 Å². The van der Waals surface area contributed by atoms with Crippen LogP contribution in [0.4, 0.5) is 0 Å². The Labute approximate surface area is 82.5 Å². The molecule has 1 rings (SSSR count). The molecule has 14 heavy (non-hydrogen) atoms. The topological polar surface area (TPSA) is 58.6 Å². The van der Waals surface area contributed by atoms with Gasteiger partial charge in [-0.15, -0.1) is 0 Å². The van der Waals surface area contributed by atoms with E-state index in [4.69, 9.17) is 9.94 Å². The molecule has 0 heterocycles. The van der Waals surface area contributed by atoms with Crippen LogP contribution in [0.1, 0.15) is 12.5 Å². The fourth-order valence-corrected chi connectivity index (χ4v) is 0.906. The summed E-state index contributed by atoms with van der Waals surface area (Å²) in [5, 5.41) is 8.45. The molecule has 4 heteroatoms. The van der Waals surface area contributed by atoms with Crippen LogP contribution in [-0.2, 0) is 16.1 Å². The number of benzene rings is 1. The van der Waals surface area contributed by atoms with Crippen LogP contribution in [-0.4, -0.2) is 17.2 Å². The number of hydrogen-bond donors (Lipinski definition) is 2. The minimum atomic E-state index is -0.696. The lowest BCUT2D eigenvalue weighted by Crippen LogP contribution is -2.32. The Morgan fingerprint density at radius 3 is 2.71 bits per heavy atom. The minimum absolute atomic E-state index is 0.228. The van der Waals surface area contributed by atoms with Crippen LogP contribution in [0.3, 0.4) is 0 Å². The largest absolute Gasteiger partial charge is 0.460 e. The SMILES string of the molecule is C[C@H](NO)C(=O)OCc1ccccc1. The van der Waals surface area contributed by atoms with E-state index in [1.807, 2.05) is 35.8 Å². The van der Waals surface area contributed by atoms with E-state index in [0.29, 0.717) is 0 Å². The summed E-state index contributed by atoms with van der Waals surface area (Å²) in [5.74, 6) is -0.476.